The van der Waals surface area contributed by atoms with Gasteiger partial charge in [-0.15, -0.1) is 0 Å². The van der Waals surface area contributed by atoms with Gasteiger partial charge in [-0.05, 0) is 36.8 Å². The second kappa shape index (κ2) is 8.89. The summed E-state index contributed by atoms with van der Waals surface area (Å²) >= 11 is 0. The van der Waals surface area contributed by atoms with E-state index in [1.165, 1.54) is 28.3 Å². The summed E-state index contributed by atoms with van der Waals surface area (Å²) in [6, 6.07) is 11.7. The summed E-state index contributed by atoms with van der Waals surface area (Å²) in [7, 11) is 4.58. The van der Waals surface area contributed by atoms with E-state index < -0.39 is 6.04 Å². The third-order valence-electron chi connectivity index (χ3n) is 4.00. The number of benzene rings is 2. The fourth-order valence-corrected chi connectivity index (χ4v) is 2.62. The van der Waals surface area contributed by atoms with E-state index in [4.69, 9.17) is 14.2 Å². The molecule has 2 aromatic rings. The van der Waals surface area contributed by atoms with E-state index in [0.717, 1.165) is 5.56 Å². The van der Waals surface area contributed by atoms with Crippen LogP contribution in [0.5, 0.6) is 17.2 Å². The smallest absolute Gasteiger partial charge is 0.251 e. The molecule has 0 aliphatic rings. The molecule has 6 nitrogen and oxygen atoms in total. The van der Waals surface area contributed by atoms with Crippen molar-refractivity contribution < 1.29 is 23.8 Å². The van der Waals surface area contributed by atoms with Gasteiger partial charge in [0, 0.05) is 12.0 Å². The van der Waals surface area contributed by atoms with E-state index in [9.17, 15) is 9.59 Å². The maximum absolute atomic E-state index is 12.4. The van der Waals surface area contributed by atoms with Crippen molar-refractivity contribution >= 4 is 11.7 Å². The minimum absolute atomic E-state index is 0.136. The van der Waals surface area contributed by atoms with Crippen molar-refractivity contribution in [1.29, 1.82) is 0 Å². The molecule has 1 unspecified atom stereocenters. The van der Waals surface area contributed by atoms with Crippen LogP contribution in [0.4, 0.5) is 0 Å². The Kier molecular flexibility index (Phi) is 6.60. The monoisotopic (exact) mass is 357 g/mol. The Hall–Kier alpha value is -3.02. The Labute approximate surface area is 153 Å². The zero-order valence-corrected chi connectivity index (χ0v) is 15.4. The third kappa shape index (κ3) is 4.53. The number of ketones is 1. The summed E-state index contributed by atoms with van der Waals surface area (Å²) in [5.41, 5.74) is 1.29. The van der Waals surface area contributed by atoms with Crippen LogP contribution in [0.2, 0.25) is 0 Å². The van der Waals surface area contributed by atoms with E-state index >= 15 is 0 Å². The van der Waals surface area contributed by atoms with Crippen molar-refractivity contribution in [3.63, 3.8) is 0 Å². The number of carbonyl (C=O) groups is 2. The molecule has 0 aliphatic carbocycles. The molecule has 0 bridgehead atoms. The molecular weight excluding hydrogens is 334 g/mol. The van der Waals surface area contributed by atoms with Gasteiger partial charge in [-0.1, -0.05) is 18.2 Å². The lowest BCUT2D eigenvalue weighted by Gasteiger charge is -2.18. The van der Waals surface area contributed by atoms with Crippen LogP contribution in [-0.2, 0) is 11.2 Å². The highest BCUT2D eigenvalue weighted by atomic mass is 16.5. The van der Waals surface area contributed by atoms with E-state index in [0.29, 0.717) is 29.2 Å². The molecule has 26 heavy (non-hydrogen) atoms. The molecule has 6 heteroatoms. The topological polar surface area (TPSA) is 73.9 Å². The van der Waals surface area contributed by atoms with Crippen molar-refractivity contribution in [3.05, 3.63) is 53.6 Å². The number of hydrogen-bond acceptors (Lipinski definition) is 5. The van der Waals surface area contributed by atoms with Crippen molar-refractivity contribution in [1.82, 2.24) is 5.32 Å². The van der Waals surface area contributed by atoms with Crippen LogP contribution in [-0.4, -0.2) is 39.1 Å². The third-order valence-corrected chi connectivity index (χ3v) is 4.00. The Balaban J connectivity index is 2.25. The Morgan fingerprint density at radius 3 is 2.00 bits per heavy atom. The lowest BCUT2D eigenvalue weighted by molar-refractivity contribution is -0.118. The zero-order valence-electron chi connectivity index (χ0n) is 15.4. The molecule has 0 aromatic heterocycles. The van der Waals surface area contributed by atoms with Crippen LogP contribution in [0, 0.1) is 0 Å². The van der Waals surface area contributed by atoms with Gasteiger partial charge >= 0.3 is 0 Å². The highest BCUT2D eigenvalue weighted by Gasteiger charge is 2.21. The fourth-order valence-electron chi connectivity index (χ4n) is 2.62. The lowest BCUT2D eigenvalue weighted by atomic mass is 10.0. The standard InChI is InChI=1S/C20H23NO5/c1-13(22)16(21-20(23)15-8-6-5-7-9-15)10-14-11-17(24-2)19(26-4)18(12-14)25-3/h5-9,11-12,16H,10H2,1-4H3,(H,21,23). The summed E-state index contributed by atoms with van der Waals surface area (Å²) in [6.07, 6.45) is 0.310. The van der Waals surface area contributed by atoms with Crippen LogP contribution in [0.15, 0.2) is 42.5 Å². The molecule has 0 saturated heterocycles. The number of rotatable bonds is 8. The average Bonchev–Trinajstić information content (AvgIpc) is 2.66. The van der Waals surface area contributed by atoms with Gasteiger partial charge in [0.05, 0.1) is 27.4 Å². The maximum Gasteiger partial charge on any atom is 0.251 e. The van der Waals surface area contributed by atoms with E-state index in [1.807, 2.05) is 6.07 Å². The fraction of sp³-hybridized carbons (Fsp3) is 0.300. The number of hydrogen-bond donors (Lipinski definition) is 1. The van der Waals surface area contributed by atoms with Gasteiger partial charge < -0.3 is 19.5 Å². The molecule has 0 saturated carbocycles. The van der Waals surface area contributed by atoms with Crippen molar-refractivity contribution in [2.45, 2.75) is 19.4 Å². The maximum atomic E-state index is 12.4. The summed E-state index contributed by atoms with van der Waals surface area (Å²) < 4.78 is 16.0. The van der Waals surface area contributed by atoms with Gasteiger partial charge in [0.15, 0.2) is 17.3 Å². The summed E-state index contributed by atoms with van der Waals surface area (Å²) in [5, 5.41) is 2.78. The summed E-state index contributed by atoms with van der Waals surface area (Å²) in [5.74, 6) is 1.05. The molecule has 2 rings (SSSR count). The Morgan fingerprint density at radius 2 is 1.54 bits per heavy atom. The first-order valence-corrected chi connectivity index (χ1v) is 8.15. The van der Waals surface area contributed by atoms with Crippen LogP contribution >= 0.6 is 0 Å². The molecule has 0 aliphatic heterocycles. The first-order chi connectivity index (χ1) is 12.5. The minimum atomic E-state index is -0.662. The number of methoxy groups -OCH3 is 3. The molecule has 0 fully saturated rings. The average molecular weight is 357 g/mol. The van der Waals surface area contributed by atoms with E-state index in [1.54, 1.807) is 36.4 Å². The molecule has 138 valence electrons. The van der Waals surface area contributed by atoms with Crippen LogP contribution in [0.1, 0.15) is 22.8 Å². The molecule has 0 heterocycles. The molecule has 0 spiro atoms. The van der Waals surface area contributed by atoms with Crippen LogP contribution in [0.25, 0.3) is 0 Å². The van der Waals surface area contributed by atoms with Gasteiger partial charge in [-0.3, -0.25) is 9.59 Å². The van der Waals surface area contributed by atoms with Crippen molar-refractivity contribution in [3.8, 4) is 17.2 Å². The highest BCUT2D eigenvalue weighted by molar-refractivity contribution is 5.97. The number of nitrogens with one attached hydrogen (secondary N) is 1. The minimum Gasteiger partial charge on any atom is -0.493 e. The van der Waals surface area contributed by atoms with E-state index in [-0.39, 0.29) is 11.7 Å². The molecule has 1 atom stereocenters. The zero-order chi connectivity index (χ0) is 19.1. The Bertz CT molecular complexity index is 748. The van der Waals surface area contributed by atoms with Gasteiger partial charge in [-0.25, -0.2) is 0 Å². The van der Waals surface area contributed by atoms with Crippen molar-refractivity contribution in [2.24, 2.45) is 0 Å². The molecule has 0 radical (unpaired) electrons. The number of carbonyl (C=O) groups excluding carboxylic acids is 2. The van der Waals surface area contributed by atoms with Gasteiger partial charge in [-0.2, -0.15) is 0 Å². The number of amides is 1. The highest BCUT2D eigenvalue weighted by Crippen LogP contribution is 2.38. The van der Waals surface area contributed by atoms with Gasteiger partial charge in [0.2, 0.25) is 5.75 Å². The number of Topliss-reactive ketones (excluding diaryl/α,β-unsaturated/α-hetero) is 1. The first kappa shape index (κ1) is 19.3. The normalized spacial score (nSPS) is 11.4. The largest absolute Gasteiger partial charge is 0.493 e. The molecule has 1 N–H and O–H groups in total. The van der Waals surface area contributed by atoms with Crippen LogP contribution in [0.3, 0.4) is 0 Å². The van der Waals surface area contributed by atoms with Gasteiger partial charge in [0.1, 0.15) is 0 Å². The first-order valence-electron chi connectivity index (χ1n) is 8.15. The molecule has 2 aromatic carbocycles. The molecular formula is C20H23NO5. The second-order valence-electron chi connectivity index (χ2n) is 5.74. The second-order valence-corrected chi connectivity index (χ2v) is 5.74. The summed E-state index contributed by atoms with van der Waals surface area (Å²) in [6.45, 7) is 1.45. The van der Waals surface area contributed by atoms with Crippen molar-refractivity contribution in [2.75, 3.05) is 21.3 Å². The predicted molar refractivity (Wildman–Crippen MR) is 98.2 cm³/mol. The van der Waals surface area contributed by atoms with Gasteiger partial charge in [0.25, 0.3) is 5.91 Å². The summed E-state index contributed by atoms with van der Waals surface area (Å²) in [4.78, 5) is 24.4. The predicted octanol–water partition coefficient (Wildman–Crippen LogP) is 2.64. The van der Waals surface area contributed by atoms with Crippen LogP contribution < -0.4 is 19.5 Å². The number of ether oxygens (including phenoxy) is 3. The quantitative estimate of drug-likeness (QED) is 0.786. The lowest BCUT2D eigenvalue weighted by Crippen LogP contribution is -2.41. The SMILES string of the molecule is COc1cc(CC(NC(=O)c2ccccc2)C(C)=O)cc(OC)c1OC. The Morgan fingerprint density at radius 1 is 0.962 bits per heavy atom. The molecule has 1 amide bonds. The van der Waals surface area contributed by atoms with E-state index in [2.05, 4.69) is 5.32 Å².